The number of aliphatic hydroxyl groups is 2. The van der Waals surface area contributed by atoms with Gasteiger partial charge in [0.25, 0.3) is 0 Å². The molecule has 51 heavy (non-hydrogen) atoms. The Bertz CT molecular complexity index is 1970. The number of amides is 1. The third-order valence-electron chi connectivity index (χ3n) is 9.07. The Morgan fingerprint density at radius 2 is 1.55 bits per heavy atom. The maximum atomic E-state index is 13.9. The summed E-state index contributed by atoms with van der Waals surface area (Å²) < 4.78 is 36.7. The minimum Gasteiger partial charge on any atom is -0.508 e. The number of hydrogen-bond donors (Lipinski definition) is 6. The normalized spacial score (nSPS) is 24.2. The molecule has 0 bridgehead atoms. The van der Waals surface area contributed by atoms with Crippen molar-refractivity contribution in [3.63, 3.8) is 0 Å². The van der Waals surface area contributed by atoms with Gasteiger partial charge >= 0.3 is 13.6 Å². The Labute approximate surface area is 290 Å². The zero-order valence-corrected chi connectivity index (χ0v) is 27.5. The molecule has 7 atom stereocenters. The molecule has 0 spiro atoms. The predicted octanol–water partition coefficient (Wildman–Crippen LogP) is 3.34. The number of benzene rings is 4. The minimum atomic E-state index is -4.45. The number of carbonyl (C=O) groups is 3. The van der Waals surface area contributed by atoms with Crippen LogP contribution in [0.4, 0.5) is 10.1 Å². The van der Waals surface area contributed by atoms with E-state index in [1.54, 1.807) is 42.5 Å². The van der Waals surface area contributed by atoms with Crippen LogP contribution in [0.1, 0.15) is 36.1 Å². The van der Waals surface area contributed by atoms with Crippen LogP contribution in [0.5, 0.6) is 5.75 Å². The van der Waals surface area contributed by atoms with Crippen molar-refractivity contribution >= 4 is 36.2 Å². The average molecular weight is 722 g/mol. The molecule has 2 heterocycles. The van der Waals surface area contributed by atoms with Gasteiger partial charge in [0, 0.05) is 11.3 Å². The van der Waals surface area contributed by atoms with Crippen LogP contribution in [-0.2, 0) is 28.4 Å². The zero-order valence-electron chi connectivity index (χ0n) is 26.6. The van der Waals surface area contributed by atoms with Crippen molar-refractivity contribution in [1.29, 1.82) is 0 Å². The lowest BCUT2D eigenvalue weighted by molar-refractivity contribution is -0.266. The highest BCUT2D eigenvalue weighted by atomic mass is 31.2. The second-order valence-electron chi connectivity index (χ2n) is 12.3. The number of para-hydroxylation sites is 1. The highest BCUT2D eigenvalue weighted by molar-refractivity contribution is 7.60. The smallest absolute Gasteiger partial charge is 0.356 e. The summed E-state index contributed by atoms with van der Waals surface area (Å²) in [7, 11) is -4.45. The van der Waals surface area contributed by atoms with E-state index in [0.717, 1.165) is 12.1 Å². The molecule has 6 N–H and O–H groups in total. The van der Waals surface area contributed by atoms with E-state index in [-0.39, 0.29) is 29.8 Å². The molecule has 0 aliphatic carbocycles. The third kappa shape index (κ3) is 7.34. The number of aromatic hydroxyl groups is 1. The first kappa shape index (κ1) is 36.0. The molecule has 2 aliphatic heterocycles. The monoisotopic (exact) mass is 721 g/mol. The topological polar surface area (TPSA) is 211 Å². The van der Waals surface area contributed by atoms with Gasteiger partial charge in [-0.3, -0.25) is 14.2 Å². The Morgan fingerprint density at radius 1 is 0.902 bits per heavy atom. The number of phenols is 1. The van der Waals surface area contributed by atoms with Crippen LogP contribution >= 0.6 is 7.60 Å². The van der Waals surface area contributed by atoms with Gasteiger partial charge in [0.05, 0.1) is 23.4 Å². The van der Waals surface area contributed by atoms with Crippen LogP contribution in [0.15, 0.2) is 97.1 Å². The van der Waals surface area contributed by atoms with Crippen molar-refractivity contribution in [2.24, 2.45) is 5.92 Å². The van der Waals surface area contributed by atoms with E-state index in [9.17, 15) is 53.6 Å². The summed E-state index contributed by atoms with van der Waals surface area (Å²) in [5.41, 5.74) is 2.49. The Morgan fingerprint density at radius 3 is 2.16 bits per heavy atom. The molecule has 2 aliphatic rings. The molecule has 4 unspecified atom stereocenters. The molecule has 13 nitrogen and oxygen atoms in total. The number of ether oxygens (including phenoxy) is 2. The summed E-state index contributed by atoms with van der Waals surface area (Å²) in [5, 5.41) is 41.2. The first-order valence-corrected chi connectivity index (χ1v) is 17.4. The second-order valence-corrected chi connectivity index (χ2v) is 13.9. The van der Waals surface area contributed by atoms with Gasteiger partial charge in [-0.2, -0.15) is 0 Å². The molecule has 6 rings (SSSR count). The lowest BCUT2D eigenvalue weighted by Crippen LogP contribution is -2.58. The van der Waals surface area contributed by atoms with Gasteiger partial charge in [0.15, 0.2) is 30.4 Å². The number of phenolic OH excluding ortho intramolecular Hbond substituents is 1. The molecule has 15 heteroatoms. The molecule has 266 valence electrons. The molecule has 0 aromatic heterocycles. The van der Waals surface area contributed by atoms with Gasteiger partial charge in [-0.15, -0.1) is 0 Å². The number of carboxylic acid groups (broad SMARTS) is 1. The summed E-state index contributed by atoms with van der Waals surface area (Å²) in [6, 6.07) is 23.7. The van der Waals surface area contributed by atoms with Crippen molar-refractivity contribution in [3.05, 3.63) is 114 Å². The standard InChI is InChI=1S/C36H33FNO12P/c37-22-11-6-20(7-12-22)28(49-36-32(42)30(40)31(41)33(50-36)35(44)45)17-16-26-29(38(34(26)43)23-4-2-1-3-5-23)25-15-10-21(18-27(25)39)19-8-13-24(14-9-19)51(46,47)48/h1-15,18,26,28-29,31-33,36,39,41-42H,16-17H2,(H,44,45)(H2,46,47,48)/t26?,28-,29?,31-,32?,33?,36+/m0/s1. The van der Waals surface area contributed by atoms with E-state index >= 15 is 0 Å². The SMILES string of the molecule is O=C(O)C1O[C@@H](O[C@@H](CCC2C(=O)N(c3ccccc3)C2c2ccc(-c3ccc(P(=O)(O)O)cc3)cc2O)c2ccc(F)cc2)C(O)C(=O)[C@@H]1O. The van der Waals surface area contributed by atoms with Crippen molar-refractivity contribution in [3.8, 4) is 16.9 Å². The van der Waals surface area contributed by atoms with Crippen LogP contribution in [0, 0.1) is 11.7 Å². The molecule has 4 aromatic rings. The fourth-order valence-corrected chi connectivity index (χ4v) is 6.96. The number of rotatable bonds is 11. The van der Waals surface area contributed by atoms with E-state index in [4.69, 9.17) is 9.47 Å². The first-order valence-electron chi connectivity index (χ1n) is 15.8. The molecule has 2 saturated heterocycles. The summed E-state index contributed by atoms with van der Waals surface area (Å²) in [5.74, 6) is -4.57. The maximum absolute atomic E-state index is 13.9. The quantitative estimate of drug-likeness (QED) is 0.0973. The number of carbonyl (C=O) groups excluding carboxylic acids is 2. The lowest BCUT2D eigenvalue weighted by atomic mass is 9.77. The average Bonchev–Trinajstić information content (AvgIpc) is 3.10. The number of aliphatic carboxylic acids is 1. The number of halogens is 1. The van der Waals surface area contributed by atoms with Crippen LogP contribution in [0.2, 0.25) is 0 Å². The summed E-state index contributed by atoms with van der Waals surface area (Å²) in [6.07, 6.45) is -8.88. The number of β-lactam (4-membered cyclic amide) rings is 1. The van der Waals surface area contributed by atoms with Gasteiger partial charge < -0.3 is 44.6 Å². The number of nitrogens with zero attached hydrogens (tertiary/aromatic N) is 1. The molecular formula is C36H33FNO12P. The summed E-state index contributed by atoms with van der Waals surface area (Å²) in [6.45, 7) is 0. The van der Waals surface area contributed by atoms with Crippen molar-refractivity contribution in [1.82, 2.24) is 0 Å². The van der Waals surface area contributed by atoms with Crippen LogP contribution in [0.25, 0.3) is 11.1 Å². The Balaban J connectivity index is 1.29. The van der Waals surface area contributed by atoms with E-state index in [2.05, 4.69) is 0 Å². The third-order valence-corrected chi connectivity index (χ3v) is 10.0. The van der Waals surface area contributed by atoms with E-state index in [0.29, 0.717) is 27.9 Å². The van der Waals surface area contributed by atoms with E-state index in [1.807, 2.05) is 0 Å². The number of carboxylic acids is 1. The molecule has 1 amide bonds. The maximum Gasteiger partial charge on any atom is 0.356 e. The minimum absolute atomic E-state index is 0.0347. The van der Waals surface area contributed by atoms with Crippen LogP contribution < -0.4 is 10.2 Å². The Kier molecular flexibility index (Phi) is 10.2. The number of hydrogen-bond acceptors (Lipinski definition) is 9. The van der Waals surface area contributed by atoms with Gasteiger partial charge in [-0.1, -0.05) is 54.6 Å². The number of aliphatic hydroxyl groups excluding tert-OH is 2. The zero-order chi connectivity index (χ0) is 36.6. The first-order chi connectivity index (χ1) is 24.2. The largest absolute Gasteiger partial charge is 0.508 e. The van der Waals surface area contributed by atoms with E-state index < -0.39 is 67.8 Å². The number of Topliss-reactive ketones (excluding diaryl/α,β-unsaturated/α-hetero) is 1. The number of ketones is 1. The van der Waals surface area contributed by atoms with Gasteiger partial charge in [-0.05, 0) is 72.0 Å². The molecule has 2 fully saturated rings. The second kappa shape index (κ2) is 14.4. The van der Waals surface area contributed by atoms with Gasteiger partial charge in [0.1, 0.15) is 11.6 Å². The van der Waals surface area contributed by atoms with Crippen molar-refractivity contribution in [2.45, 2.75) is 49.6 Å². The predicted molar refractivity (Wildman–Crippen MR) is 178 cm³/mol. The lowest BCUT2D eigenvalue weighted by Gasteiger charge is -2.48. The Hall–Kier alpha value is -4.79. The fourth-order valence-electron chi connectivity index (χ4n) is 6.42. The van der Waals surface area contributed by atoms with E-state index in [1.165, 1.54) is 47.4 Å². The molecule has 0 saturated carbocycles. The molecule has 4 aromatic carbocycles. The van der Waals surface area contributed by atoms with Crippen LogP contribution in [-0.4, -0.2) is 72.5 Å². The van der Waals surface area contributed by atoms with Gasteiger partial charge in [0.2, 0.25) is 5.91 Å². The fraction of sp³-hybridized carbons (Fsp3) is 0.250. The number of anilines is 1. The van der Waals surface area contributed by atoms with Crippen molar-refractivity contribution in [2.75, 3.05) is 4.90 Å². The molecular weight excluding hydrogens is 688 g/mol. The highest BCUT2D eigenvalue weighted by Crippen LogP contribution is 2.49. The summed E-state index contributed by atoms with van der Waals surface area (Å²) >= 11 is 0. The van der Waals surface area contributed by atoms with Crippen molar-refractivity contribution < 1.29 is 63.0 Å². The highest BCUT2D eigenvalue weighted by Gasteiger charge is 2.51. The van der Waals surface area contributed by atoms with Crippen LogP contribution in [0.3, 0.4) is 0 Å². The summed E-state index contributed by atoms with van der Waals surface area (Å²) in [4.78, 5) is 58.3. The van der Waals surface area contributed by atoms with Gasteiger partial charge in [-0.25, -0.2) is 9.18 Å². The molecule has 0 radical (unpaired) electrons.